The summed E-state index contributed by atoms with van der Waals surface area (Å²) in [4.78, 5) is 6.29. The monoisotopic (exact) mass is 366 g/mol. The standard InChI is InChI=1S/C18H23ClN2O2S/c1-22-15-3-5-17(23-2)14(11-15)12-20-7-9-21(10-8-20)13-16-4-6-18(19)24-16/h3-6,11H,7-10,12-13H2,1-2H3. The van der Waals surface area contributed by atoms with Gasteiger partial charge in [-0.15, -0.1) is 11.3 Å². The van der Waals surface area contributed by atoms with Crippen LogP contribution in [0.4, 0.5) is 0 Å². The molecule has 0 amide bonds. The third-order valence-corrected chi connectivity index (χ3v) is 5.57. The number of methoxy groups -OCH3 is 2. The highest BCUT2D eigenvalue weighted by Gasteiger charge is 2.19. The van der Waals surface area contributed by atoms with Gasteiger partial charge in [0.25, 0.3) is 0 Å². The van der Waals surface area contributed by atoms with E-state index in [1.165, 1.54) is 10.4 Å². The molecule has 0 atom stereocenters. The fourth-order valence-corrected chi connectivity index (χ4v) is 4.14. The summed E-state index contributed by atoms with van der Waals surface area (Å²) in [6.45, 7) is 6.13. The molecule has 1 aliphatic rings. The van der Waals surface area contributed by atoms with E-state index in [-0.39, 0.29) is 0 Å². The first-order valence-electron chi connectivity index (χ1n) is 8.08. The summed E-state index contributed by atoms with van der Waals surface area (Å²) in [7, 11) is 3.41. The van der Waals surface area contributed by atoms with Crippen LogP contribution in [0.15, 0.2) is 30.3 Å². The number of benzene rings is 1. The summed E-state index contributed by atoms with van der Waals surface area (Å²) >= 11 is 7.69. The molecule has 0 radical (unpaired) electrons. The lowest BCUT2D eigenvalue weighted by molar-refractivity contribution is 0.122. The Balaban J connectivity index is 1.55. The maximum absolute atomic E-state index is 6.01. The van der Waals surface area contributed by atoms with Crippen LogP contribution in [0.5, 0.6) is 11.5 Å². The zero-order chi connectivity index (χ0) is 16.9. The van der Waals surface area contributed by atoms with E-state index >= 15 is 0 Å². The van der Waals surface area contributed by atoms with E-state index in [0.29, 0.717) is 0 Å². The summed E-state index contributed by atoms with van der Waals surface area (Å²) < 4.78 is 11.7. The molecular formula is C18H23ClN2O2S. The maximum Gasteiger partial charge on any atom is 0.123 e. The van der Waals surface area contributed by atoms with Crippen molar-refractivity contribution in [3.8, 4) is 11.5 Å². The second-order valence-electron chi connectivity index (χ2n) is 5.94. The van der Waals surface area contributed by atoms with Crippen molar-refractivity contribution >= 4 is 22.9 Å². The van der Waals surface area contributed by atoms with Crippen LogP contribution < -0.4 is 9.47 Å². The Labute approximate surface area is 152 Å². The van der Waals surface area contributed by atoms with E-state index in [1.54, 1.807) is 25.6 Å². The van der Waals surface area contributed by atoms with Gasteiger partial charge >= 0.3 is 0 Å². The van der Waals surface area contributed by atoms with Crippen LogP contribution in [0.25, 0.3) is 0 Å². The maximum atomic E-state index is 6.01. The Morgan fingerprint density at radius 3 is 2.25 bits per heavy atom. The Bertz CT molecular complexity index is 669. The zero-order valence-corrected chi connectivity index (χ0v) is 15.7. The van der Waals surface area contributed by atoms with Crippen LogP contribution in [0.1, 0.15) is 10.4 Å². The van der Waals surface area contributed by atoms with E-state index in [2.05, 4.69) is 21.9 Å². The minimum atomic E-state index is 0.869. The fourth-order valence-electron chi connectivity index (χ4n) is 3.01. The Kier molecular flexibility index (Phi) is 6.00. The van der Waals surface area contributed by atoms with Crippen molar-refractivity contribution in [2.45, 2.75) is 13.1 Å². The third kappa shape index (κ3) is 4.42. The van der Waals surface area contributed by atoms with Crippen molar-refractivity contribution < 1.29 is 9.47 Å². The van der Waals surface area contributed by atoms with Crippen molar-refractivity contribution in [2.75, 3.05) is 40.4 Å². The van der Waals surface area contributed by atoms with Crippen LogP contribution >= 0.6 is 22.9 Å². The van der Waals surface area contributed by atoms with Crippen LogP contribution in [0, 0.1) is 0 Å². The smallest absolute Gasteiger partial charge is 0.123 e. The molecule has 0 N–H and O–H groups in total. The van der Waals surface area contributed by atoms with Gasteiger partial charge in [0.1, 0.15) is 11.5 Å². The van der Waals surface area contributed by atoms with Crippen LogP contribution in [-0.2, 0) is 13.1 Å². The van der Waals surface area contributed by atoms with Gasteiger partial charge in [-0.3, -0.25) is 9.80 Å². The summed E-state index contributed by atoms with van der Waals surface area (Å²) in [5.74, 6) is 1.80. The number of hydrogen-bond donors (Lipinski definition) is 0. The molecule has 0 bridgehead atoms. The molecule has 130 valence electrons. The highest BCUT2D eigenvalue weighted by atomic mass is 35.5. The van der Waals surface area contributed by atoms with E-state index in [4.69, 9.17) is 21.1 Å². The van der Waals surface area contributed by atoms with Crippen molar-refractivity contribution in [1.82, 2.24) is 9.80 Å². The largest absolute Gasteiger partial charge is 0.497 e. The van der Waals surface area contributed by atoms with Crippen molar-refractivity contribution in [3.05, 3.63) is 45.1 Å². The van der Waals surface area contributed by atoms with E-state index in [1.807, 2.05) is 18.2 Å². The second kappa shape index (κ2) is 8.21. The van der Waals surface area contributed by atoms with Crippen LogP contribution in [0.2, 0.25) is 4.34 Å². The van der Waals surface area contributed by atoms with Gasteiger partial charge in [-0.25, -0.2) is 0 Å². The highest BCUT2D eigenvalue weighted by Crippen LogP contribution is 2.26. The summed E-state index contributed by atoms with van der Waals surface area (Å²) in [5.41, 5.74) is 1.18. The molecule has 6 heteroatoms. The molecule has 1 fully saturated rings. The molecule has 1 aromatic carbocycles. The van der Waals surface area contributed by atoms with Gasteiger partial charge in [0.2, 0.25) is 0 Å². The fraction of sp³-hybridized carbons (Fsp3) is 0.444. The molecule has 4 nitrogen and oxygen atoms in total. The Hall–Kier alpha value is -1.27. The van der Waals surface area contributed by atoms with Crippen molar-refractivity contribution in [3.63, 3.8) is 0 Å². The minimum Gasteiger partial charge on any atom is -0.497 e. The van der Waals surface area contributed by atoms with Gasteiger partial charge in [0.15, 0.2) is 0 Å². The lowest BCUT2D eigenvalue weighted by Crippen LogP contribution is -2.45. The van der Waals surface area contributed by atoms with Crippen LogP contribution in [-0.4, -0.2) is 50.2 Å². The average Bonchev–Trinajstić information content (AvgIpc) is 3.01. The number of thiophene rings is 1. The molecule has 0 saturated carbocycles. The molecular weight excluding hydrogens is 344 g/mol. The molecule has 0 aliphatic carbocycles. The summed E-state index contributed by atoms with van der Waals surface area (Å²) in [6.07, 6.45) is 0. The predicted octanol–water partition coefficient (Wildman–Crippen LogP) is 3.74. The van der Waals surface area contributed by atoms with Gasteiger partial charge in [0, 0.05) is 49.7 Å². The number of nitrogens with zero attached hydrogens (tertiary/aromatic N) is 2. The van der Waals surface area contributed by atoms with E-state index in [0.717, 1.165) is 55.1 Å². The molecule has 1 aliphatic heterocycles. The number of rotatable bonds is 6. The molecule has 2 aromatic rings. The van der Waals surface area contributed by atoms with Gasteiger partial charge in [0.05, 0.1) is 18.6 Å². The summed E-state index contributed by atoms with van der Waals surface area (Å²) in [5, 5.41) is 0. The number of halogens is 1. The van der Waals surface area contributed by atoms with Gasteiger partial charge < -0.3 is 9.47 Å². The minimum absolute atomic E-state index is 0.869. The quantitative estimate of drug-likeness (QED) is 0.777. The van der Waals surface area contributed by atoms with Crippen LogP contribution in [0.3, 0.4) is 0 Å². The molecule has 24 heavy (non-hydrogen) atoms. The molecule has 0 unspecified atom stereocenters. The second-order valence-corrected chi connectivity index (χ2v) is 7.74. The normalized spacial score (nSPS) is 16.3. The molecule has 1 saturated heterocycles. The topological polar surface area (TPSA) is 24.9 Å². The SMILES string of the molecule is COc1ccc(OC)c(CN2CCN(Cc3ccc(Cl)s3)CC2)c1. The van der Waals surface area contributed by atoms with Gasteiger partial charge in [-0.05, 0) is 30.3 Å². The lowest BCUT2D eigenvalue weighted by Gasteiger charge is -2.34. The average molecular weight is 367 g/mol. The molecule has 2 heterocycles. The Morgan fingerprint density at radius 2 is 1.67 bits per heavy atom. The lowest BCUT2D eigenvalue weighted by atomic mass is 10.1. The predicted molar refractivity (Wildman–Crippen MR) is 99.4 cm³/mol. The zero-order valence-electron chi connectivity index (χ0n) is 14.1. The first-order valence-corrected chi connectivity index (χ1v) is 9.27. The van der Waals surface area contributed by atoms with Gasteiger partial charge in [-0.2, -0.15) is 0 Å². The number of piperazine rings is 1. The molecule has 1 aromatic heterocycles. The number of hydrogen-bond acceptors (Lipinski definition) is 5. The van der Waals surface area contributed by atoms with E-state index in [9.17, 15) is 0 Å². The van der Waals surface area contributed by atoms with Gasteiger partial charge in [-0.1, -0.05) is 11.6 Å². The molecule has 3 rings (SSSR count). The van der Waals surface area contributed by atoms with Crippen molar-refractivity contribution in [2.24, 2.45) is 0 Å². The first-order chi connectivity index (χ1) is 11.7. The van der Waals surface area contributed by atoms with Crippen molar-refractivity contribution in [1.29, 1.82) is 0 Å². The summed E-state index contributed by atoms with van der Waals surface area (Å²) in [6, 6.07) is 10.1. The third-order valence-electron chi connectivity index (χ3n) is 4.35. The first kappa shape index (κ1) is 17.5. The number of ether oxygens (including phenoxy) is 2. The van der Waals surface area contributed by atoms with E-state index < -0.39 is 0 Å². The highest BCUT2D eigenvalue weighted by molar-refractivity contribution is 7.16. The molecule has 0 spiro atoms. The Morgan fingerprint density at radius 1 is 0.958 bits per heavy atom.